The third kappa shape index (κ3) is 2.69. The smallest absolute Gasteiger partial charge is 0.254 e. The molecule has 1 spiro atoms. The maximum absolute atomic E-state index is 13.0. The van der Waals surface area contributed by atoms with Crippen molar-refractivity contribution in [2.24, 2.45) is 34.2 Å². The second-order valence-corrected chi connectivity index (χ2v) is 9.31. The van der Waals surface area contributed by atoms with Crippen LogP contribution in [0, 0.1) is 32.7 Å². The first-order valence-corrected chi connectivity index (χ1v) is 11.3. The Morgan fingerprint density at radius 1 is 1.10 bits per heavy atom. The lowest BCUT2D eigenvalue weighted by Crippen LogP contribution is -2.30. The zero-order chi connectivity index (χ0) is 20.3. The van der Waals surface area contributed by atoms with Crippen LogP contribution >= 0.6 is 22.6 Å². The van der Waals surface area contributed by atoms with Crippen LogP contribution in [0.5, 0.6) is 11.5 Å². The summed E-state index contributed by atoms with van der Waals surface area (Å²) in [5.74, 6) is 1.02. The number of rotatable bonds is 6. The summed E-state index contributed by atoms with van der Waals surface area (Å²) < 4.78 is 12.3. The van der Waals surface area contributed by atoms with Gasteiger partial charge in [-0.25, -0.2) is 0 Å². The average Bonchev–Trinajstić information content (AvgIpc) is 3.29. The fourth-order valence-electron chi connectivity index (χ4n) is 5.51. The average molecular weight is 506 g/mol. The van der Waals surface area contributed by atoms with Gasteiger partial charge < -0.3 is 9.47 Å². The highest BCUT2D eigenvalue weighted by molar-refractivity contribution is 14.1. The first-order valence-electron chi connectivity index (χ1n) is 10.2. The number of amides is 2. The van der Waals surface area contributed by atoms with Gasteiger partial charge in [0.15, 0.2) is 11.5 Å². The fraction of sp³-hybridized carbons (Fsp3) is 0.500. The van der Waals surface area contributed by atoms with E-state index in [0.717, 1.165) is 27.0 Å². The highest BCUT2D eigenvalue weighted by atomic mass is 127. The predicted molar refractivity (Wildman–Crippen MR) is 116 cm³/mol. The summed E-state index contributed by atoms with van der Waals surface area (Å²) in [6.45, 7) is 4.90. The number of allylic oxidation sites excluding steroid dienone is 2. The Labute approximate surface area is 183 Å². The van der Waals surface area contributed by atoms with Crippen molar-refractivity contribution in [1.29, 1.82) is 0 Å². The molecule has 3 aliphatic carbocycles. The molecule has 152 valence electrons. The van der Waals surface area contributed by atoms with Crippen LogP contribution in [0.2, 0.25) is 0 Å². The number of carbonyl (C=O) groups excluding carboxylic acids is 2. The number of carbonyl (C=O) groups is 2. The van der Waals surface area contributed by atoms with Gasteiger partial charge in [-0.05, 0) is 84.2 Å². The summed E-state index contributed by atoms with van der Waals surface area (Å²) in [7, 11) is 0. The number of benzene rings is 1. The number of imide groups is 1. The topological polar surface area (TPSA) is 68.2 Å². The molecule has 6 nitrogen and oxygen atoms in total. The van der Waals surface area contributed by atoms with Crippen molar-refractivity contribution in [3.8, 4) is 11.5 Å². The van der Waals surface area contributed by atoms with Gasteiger partial charge in [-0.3, -0.25) is 9.59 Å². The summed E-state index contributed by atoms with van der Waals surface area (Å²) in [4.78, 5) is 26.0. The maximum Gasteiger partial charge on any atom is 0.254 e. The molecule has 1 aromatic rings. The molecule has 1 saturated heterocycles. The lowest BCUT2D eigenvalue weighted by atomic mass is 9.85. The van der Waals surface area contributed by atoms with E-state index in [2.05, 4.69) is 39.8 Å². The number of fused-ring (bicyclic) bond motifs is 3. The van der Waals surface area contributed by atoms with Gasteiger partial charge in [-0.1, -0.05) is 12.2 Å². The minimum absolute atomic E-state index is 0.148. The molecule has 0 N–H and O–H groups in total. The van der Waals surface area contributed by atoms with E-state index in [-0.39, 0.29) is 40.9 Å². The van der Waals surface area contributed by atoms with Crippen molar-refractivity contribution in [3.63, 3.8) is 0 Å². The molecule has 1 aliphatic heterocycles. The van der Waals surface area contributed by atoms with E-state index in [1.807, 2.05) is 26.0 Å². The quantitative estimate of drug-likeness (QED) is 0.256. The van der Waals surface area contributed by atoms with Crippen LogP contribution < -0.4 is 9.47 Å². The van der Waals surface area contributed by atoms with Gasteiger partial charge in [0.1, 0.15) is 0 Å². The van der Waals surface area contributed by atoms with Crippen molar-refractivity contribution in [3.05, 3.63) is 33.4 Å². The Kier molecular flexibility index (Phi) is 4.49. The maximum atomic E-state index is 13.0. The molecular weight excluding hydrogens is 483 g/mol. The SMILES string of the molecule is CCOc1cc(/C=N\N2C(=O)[C@H]3[C@H](C2=O)[C@H]2C=C[C@H]3C23CC3)cc(I)c1OCC. The van der Waals surface area contributed by atoms with Gasteiger partial charge in [0.25, 0.3) is 11.8 Å². The lowest BCUT2D eigenvalue weighted by molar-refractivity contribution is -0.141. The minimum Gasteiger partial charge on any atom is -0.490 e. The van der Waals surface area contributed by atoms with E-state index in [9.17, 15) is 9.59 Å². The minimum atomic E-state index is -0.225. The molecule has 4 atom stereocenters. The van der Waals surface area contributed by atoms with E-state index in [1.54, 1.807) is 6.21 Å². The molecule has 2 bridgehead atoms. The number of halogens is 1. The second kappa shape index (κ2) is 6.82. The van der Waals surface area contributed by atoms with Crippen LogP contribution in [0.4, 0.5) is 0 Å². The fourth-order valence-corrected chi connectivity index (χ4v) is 6.29. The number of hydrazone groups is 1. The zero-order valence-electron chi connectivity index (χ0n) is 16.4. The third-order valence-electron chi connectivity index (χ3n) is 6.77. The summed E-state index contributed by atoms with van der Waals surface area (Å²) in [5, 5.41) is 5.40. The molecule has 0 radical (unpaired) electrons. The van der Waals surface area contributed by atoms with Gasteiger partial charge in [-0.15, -0.1) is 0 Å². The second-order valence-electron chi connectivity index (χ2n) is 8.15. The van der Waals surface area contributed by atoms with Crippen LogP contribution in [-0.4, -0.2) is 36.3 Å². The van der Waals surface area contributed by atoms with Gasteiger partial charge in [0.2, 0.25) is 0 Å². The van der Waals surface area contributed by atoms with Gasteiger partial charge in [-0.2, -0.15) is 10.1 Å². The van der Waals surface area contributed by atoms with Gasteiger partial charge in [0.05, 0.1) is 34.8 Å². The Morgan fingerprint density at radius 2 is 1.72 bits per heavy atom. The van der Waals surface area contributed by atoms with E-state index in [4.69, 9.17) is 9.47 Å². The summed E-state index contributed by atoms with van der Waals surface area (Å²) in [6, 6.07) is 3.74. The van der Waals surface area contributed by atoms with Gasteiger partial charge in [0, 0.05) is 0 Å². The van der Waals surface area contributed by atoms with Crippen molar-refractivity contribution < 1.29 is 19.1 Å². The Morgan fingerprint density at radius 3 is 2.28 bits per heavy atom. The molecule has 29 heavy (non-hydrogen) atoms. The van der Waals surface area contributed by atoms with Crippen LogP contribution in [0.15, 0.2) is 29.4 Å². The first-order chi connectivity index (χ1) is 14.0. The van der Waals surface area contributed by atoms with Crippen molar-refractivity contribution in [2.45, 2.75) is 26.7 Å². The van der Waals surface area contributed by atoms with Crippen molar-refractivity contribution in [1.82, 2.24) is 5.01 Å². The van der Waals surface area contributed by atoms with Crippen molar-refractivity contribution >= 4 is 40.6 Å². The molecule has 7 heteroatoms. The Hall–Kier alpha value is -1.90. The molecular formula is C22H23IN2O4. The van der Waals surface area contributed by atoms with E-state index in [0.29, 0.717) is 24.7 Å². The molecule has 0 unspecified atom stereocenters. The number of hydrogen-bond acceptors (Lipinski definition) is 5. The van der Waals surface area contributed by atoms with Crippen LogP contribution in [0.1, 0.15) is 32.3 Å². The van der Waals surface area contributed by atoms with E-state index >= 15 is 0 Å². The summed E-state index contributed by atoms with van der Waals surface area (Å²) in [5.41, 5.74) is 0.965. The zero-order valence-corrected chi connectivity index (χ0v) is 18.6. The molecule has 2 amide bonds. The highest BCUT2D eigenvalue weighted by Crippen LogP contribution is 2.73. The normalized spacial score (nSPS) is 30.7. The summed E-state index contributed by atoms with van der Waals surface area (Å²) in [6.07, 6.45) is 8.17. The molecule has 4 aliphatic rings. The molecule has 1 heterocycles. The van der Waals surface area contributed by atoms with Crippen LogP contribution in [0.25, 0.3) is 0 Å². The molecule has 0 aromatic heterocycles. The van der Waals surface area contributed by atoms with Crippen molar-refractivity contribution in [2.75, 3.05) is 13.2 Å². The third-order valence-corrected chi connectivity index (χ3v) is 7.57. The molecule has 2 saturated carbocycles. The van der Waals surface area contributed by atoms with E-state index < -0.39 is 0 Å². The van der Waals surface area contributed by atoms with E-state index in [1.165, 1.54) is 0 Å². The number of nitrogens with zero attached hydrogens (tertiary/aromatic N) is 2. The van der Waals surface area contributed by atoms with Gasteiger partial charge >= 0.3 is 0 Å². The Balaban J connectivity index is 1.40. The largest absolute Gasteiger partial charge is 0.490 e. The number of hydrogen-bond donors (Lipinski definition) is 0. The summed E-state index contributed by atoms with van der Waals surface area (Å²) >= 11 is 2.19. The highest BCUT2D eigenvalue weighted by Gasteiger charge is 2.73. The standard InChI is InChI=1S/C22H23IN2O4/c1-3-28-16-10-12(9-15(23)19(16)29-4-2)11-24-25-20(26)17-13-5-6-14(18(17)21(25)27)22(13)7-8-22/h5-6,9-11,13-14,17-18H,3-4,7-8H2,1-2H3/b24-11-/t13-,14-,17-,18-/m1/s1. The number of ether oxygens (including phenoxy) is 2. The monoisotopic (exact) mass is 506 g/mol. The Bertz CT molecular complexity index is 918. The van der Waals surface area contributed by atoms with Crippen LogP contribution in [-0.2, 0) is 9.59 Å². The lowest BCUT2D eigenvalue weighted by Gasteiger charge is -2.18. The molecule has 5 rings (SSSR count). The molecule has 1 aromatic carbocycles. The predicted octanol–water partition coefficient (Wildman–Crippen LogP) is 3.62. The molecule has 3 fully saturated rings. The first kappa shape index (κ1) is 19.1. The van der Waals surface area contributed by atoms with Crippen LogP contribution in [0.3, 0.4) is 0 Å².